The van der Waals surface area contributed by atoms with Crippen molar-refractivity contribution < 1.29 is 9.59 Å². The van der Waals surface area contributed by atoms with Crippen molar-refractivity contribution in [2.24, 2.45) is 0 Å². The predicted molar refractivity (Wildman–Crippen MR) is 127 cm³/mol. The minimum Gasteiger partial charge on any atom is -0.339 e. The van der Waals surface area contributed by atoms with Gasteiger partial charge in [0.25, 0.3) is 0 Å². The second kappa shape index (κ2) is 9.06. The lowest BCUT2D eigenvalue weighted by molar-refractivity contribution is -0.131. The molecule has 1 heterocycles. The number of nitrogens with one attached hydrogen (secondary N) is 1. The molecule has 0 aliphatic rings. The van der Waals surface area contributed by atoms with Gasteiger partial charge in [0.2, 0.25) is 11.8 Å². The van der Waals surface area contributed by atoms with Crippen LogP contribution in [0.3, 0.4) is 0 Å². The van der Waals surface area contributed by atoms with E-state index in [1.165, 1.54) is 6.92 Å². The Labute approximate surface area is 187 Å². The quantitative estimate of drug-likeness (QED) is 0.484. The van der Waals surface area contributed by atoms with Gasteiger partial charge in [0.05, 0.1) is 23.5 Å². The van der Waals surface area contributed by atoms with Crippen molar-refractivity contribution in [3.63, 3.8) is 0 Å². The van der Waals surface area contributed by atoms with E-state index < -0.39 is 0 Å². The van der Waals surface area contributed by atoms with E-state index in [1.54, 1.807) is 4.90 Å². The van der Waals surface area contributed by atoms with E-state index in [4.69, 9.17) is 0 Å². The molecule has 2 amide bonds. The molecule has 0 aliphatic carbocycles. The number of imidazole rings is 1. The summed E-state index contributed by atoms with van der Waals surface area (Å²) in [6, 6.07) is 23.5. The summed E-state index contributed by atoms with van der Waals surface area (Å²) < 4.78 is 2.06. The molecule has 0 spiro atoms. The smallest absolute Gasteiger partial charge is 0.227 e. The first kappa shape index (κ1) is 21.3. The lowest BCUT2D eigenvalue weighted by Gasteiger charge is -2.26. The van der Waals surface area contributed by atoms with Crippen molar-refractivity contribution in [3.8, 4) is 5.69 Å². The largest absolute Gasteiger partial charge is 0.339 e. The molecule has 6 heteroatoms. The second-order valence-electron chi connectivity index (χ2n) is 7.93. The monoisotopic (exact) mass is 426 g/mol. The highest BCUT2D eigenvalue weighted by molar-refractivity contribution is 5.88. The molecule has 0 radical (unpaired) electrons. The van der Waals surface area contributed by atoms with Crippen LogP contribution in [-0.4, -0.2) is 33.3 Å². The SMILES string of the molecule is CC(=O)Nc1ccc(CC(=O)N(C)C(C)c2ccc(-n3cnc4ccccc43)cc2)cc1. The van der Waals surface area contributed by atoms with Crippen LogP contribution in [0.1, 0.15) is 31.0 Å². The maximum atomic E-state index is 12.8. The number of amides is 2. The molecule has 1 N–H and O–H groups in total. The van der Waals surface area contributed by atoms with E-state index in [0.717, 1.165) is 33.5 Å². The van der Waals surface area contributed by atoms with Crippen LogP contribution in [-0.2, 0) is 16.0 Å². The molecule has 162 valence electrons. The molecule has 0 aliphatic heterocycles. The average molecular weight is 427 g/mol. The lowest BCUT2D eigenvalue weighted by atomic mass is 10.1. The number of likely N-dealkylation sites (N-methyl/N-ethyl adjacent to an activating group) is 1. The van der Waals surface area contributed by atoms with E-state index in [1.807, 2.05) is 68.8 Å². The third kappa shape index (κ3) is 4.54. The zero-order valence-corrected chi connectivity index (χ0v) is 18.4. The molecule has 1 atom stereocenters. The molecule has 6 nitrogen and oxygen atoms in total. The Balaban J connectivity index is 1.43. The number of aromatic nitrogens is 2. The summed E-state index contributed by atoms with van der Waals surface area (Å²) in [6.07, 6.45) is 2.14. The zero-order chi connectivity index (χ0) is 22.7. The molecule has 32 heavy (non-hydrogen) atoms. The number of rotatable bonds is 6. The van der Waals surface area contributed by atoms with Crippen LogP contribution in [0.5, 0.6) is 0 Å². The molecular formula is C26H26N4O2. The van der Waals surface area contributed by atoms with E-state index in [2.05, 4.69) is 39.1 Å². The fraction of sp³-hybridized carbons (Fsp3) is 0.192. The summed E-state index contributed by atoms with van der Waals surface area (Å²) in [5.74, 6) is -0.0796. The number of carbonyl (C=O) groups excluding carboxylic acids is 2. The number of hydrogen-bond acceptors (Lipinski definition) is 3. The van der Waals surface area contributed by atoms with Crippen molar-refractivity contribution in [1.82, 2.24) is 14.5 Å². The first-order chi connectivity index (χ1) is 15.4. The molecule has 0 bridgehead atoms. The summed E-state index contributed by atoms with van der Waals surface area (Å²) in [7, 11) is 1.83. The summed E-state index contributed by atoms with van der Waals surface area (Å²) in [5.41, 5.74) is 5.75. The number of anilines is 1. The Morgan fingerprint density at radius 1 is 1.00 bits per heavy atom. The van der Waals surface area contributed by atoms with Crippen LogP contribution in [0.4, 0.5) is 5.69 Å². The van der Waals surface area contributed by atoms with Gasteiger partial charge >= 0.3 is 0 Å². The van der Waals surface area contributed by atoms with Gasteiger partial charge in [-0.05, 0) is 54.4 Å². The predicted octanol–water partition coefficient (Wildman–Crippen LogP) is 4.75. The summed E-state index contributed by atoms with van der Waals surface area (Å²) >= 11 is 0. The first-order valence-electron chi connectivity index (χ1n) is 10.6. The Morgan fingerprint density at radius 2 is 1.69 bits per heavy atom. The van der Waals surface area contributed by atoms with Gasteiger partial charge in [-0.3, -0.25) is 14.2 Å². The van der Waals surface area contributed by atoms with E-state index in [9.17, 15) is 9.59 Å². The third-order valence-electron chi connectivity index (χ3n) is 5.71. The molecule has 4 rings (SSSR count). The number of nitrogens with zero attached hydrogens (tertiary/aromatic N) is 3. The fourth-order valence-electron chi connectivity index (χ4n) is 3.73. The maximum absolute atomic E-state index is 12.8. The molecule has 0 saturated carbocycles. The number of benzene rings is 3. The standard InChI is InChI=1S/C26H26N4O2/c1-18(29(3)26(32)16-20-8-12-22(13-9-20)28-19(2)31)21-10-14-23(15-11-21)30-17-27-24-6-4-5-7-25(24)30/h4-15,17-18H,16H2,1-3H3,(H,28,31). The minimum absolute atomic E-state index is 0.0365. The first-order valence-corrected chi connectivity index (χ1v) is 10.6. The summed E-state index contributed by atoms with van der Waals surface area (Å²) in [6.45, 7) is 3.50. The van der Waals surface area contributed by atoms with Crippen LogP contribution in [0.2, 0.25) is 0 Å². The zero-order valence-electron chi connectivity index (χ0n) is 18.4. The minimum atomic E-state index is -0.116. The molecule has 4 aromatic rings. The molecule has 1 aromatic heterocycles. The van der Waals surface area contributed by atoms with Gasteiger partial charge in [-0.15, -0.1) is 0 Å². The highest BCUT2D eigenvalue weighted by Gasteiger charge is 2.18. The average Bonchev–Trinajstić information content (AvgIpc) is 3.23. The van der Waals surface area contributed by atoms with E-state index in [0.29, 0.717) is 6.42 Å². The van der Waals surface area contributed by atoms with E-state index in [-0.39, 0.29) is 17.9 Å². The topological polar surface area (TPSA) is 67.2 Å². The van der Waals surface area contributed by atoms with Crippen molar-refractivity contribution in [1.29, 1.82) is 0 Å². The number of fused-ring (bicyclic) bond motifs is 1. The normalized spacial score (nSPS) is 11.8. The Bertz CT molecular complexity index is 1240. The molecular weight excluding hydrogens is 400 g/mol. The lowest BCUT2D eigenvalue weighted by Crippen LogP contribution is -2.31. The molecule has 3 aromatic carbocycles. The summed E-state index contributed by atoms with van der Waals surface area (Å²) in [4.78, 5) is 30.2. The fourth-order valence-corrected chi connectivity index (χ4v) is 3.73. The molecule has 0 fully saturated rings. The number of para-hydroxylation sites is 2. The van der Waals surface area contributed by atoms with Gasteiger partial charge in [0.15, 0.2) is 0 Å². The highest BCUT2D eigenvalue weighted by Crippen LogP contribution is 2.23. The van der Waals surface area contributed by atoms with Crippen LogP contribution in [0.15, 0.2) is 79.1 Å². The number of hydrogen-bond donors (Lipinski definition) is 1. The van der Waals surface area contributed by atoms with Crippen molar-refractivity contribution in [3.05, 3.63) is 90.3 Å². The van der Waals surface area contributed by atoms with Gasteiger partial charge in [-0.25, -0.2) is 4.98 Å². The van der Waals surface area contributed by atoms with Crippen LogP contribution in [0.25, 0.3) is 16.7 Å². The van der Waals surface area contributed by atoms with Crippen LogP contribution >= 0.6 is 0 Å². The van der Waals surface area contributed by atoms with Crippen molar-refractivity contribution in [2.75, 3.05) is 12.4 Å². The van der Waals surface area contributed by atoms with Crippen LogP contribution < -0.4 is 5.32 Å². The van der Waals surface area contributed by atoms with Gasteiger partial charge in [-0.1, -0.05) is 36.4 Å². The van der Waals surface area contributed by atoms with Crippen molar-refractivity contribution in [2.45, 2.75) is 26.3 Å². The Morgan fingerprint density at radius 3 is 2.38 bits per heavy atom. The maximum Gasteiger partial charge on any atom is 0.227 e. The van der Waals surface area contributed by atoms with Gasteiger partial charge in [-0.2, -0.15) is 0 Å². The second-order valence-corrected chi connectivity index (χ2v) is 7.93. The number of carbonyl (C=O) groups is 2. The van der Waals surface area contributed by atoms with E-state index >= 15 is 0 Å². The van der Waals surface area contributed by atoms with Crippen LogP contribution in [0, 0.1) is 0 Å². The third-order valence-corrected chi connectivity index (χ3v) is 5.71. The molecule has 1 unspecified atom stereocenters. The van der Waals surface area contributed by atoms with Crippen molar-refractivity contribution >= 4 is 28.5 Å². The van der Waals surface area contributed by atoms with Gasteiger partial charge in [0, 0.05) is 25.3 Å². The van der Waals surface area contributed by atoms with Gasteiger partial charge in [0.1, 0.15) is 6.33 Å². The highest BCUT2D eigenvalue weighted by atomic mass is 16.2. The Kier molecular flexibility index (Phi) is 6.03. The molecule has 0 saturated heterocycles. The Hall–Kier alpha value is -3.93. The van der Waals surface area contributed by atoms with Gasteiger partial charge < -0.3 is 10.2 Å². The summed E-state index contributed by atoms with van der Waals surface area (Å²) in [5, 5.41) is 2.73.